The van der Waals surface area contributed by atoms with E-state index in [1.165, 1.54) is 19.3 Å². The van der Waals surface area contributed by atoms with Crippen LogP contribution in [0.3, 0.4) is 0 Å². The lowest BCUT2D eigenvalue weighted by atomic mass is 9.95. The molecule has 0 atom stereocenters. The van der Waals surface area contributed by atoms with Gasteiger partial charge in [-0.2, -0.15) is 4.31 Å². The molecule has 0 aromatic carbocycles. The second kappa shape index (κ2) is 7.04. The summed E-state index contributed by atoms with van der Waals surface area (Å²) in [5.74, 6) is 0. The van der Waals surface area contributed by atoms with Crippen LogP contribution in [0.15, 0.2) is 0 Å². The van der Waals surface area contributed by atoms with Crippen LogP contribution in [0, 0.1) is 0 Å². The summed E-state index contributed by atoms with van der Waals surface area (Å²) < 4.78 is 27.5. The molecule has 2 rings (SSSR count). The van der Waals surface area contributed by atoms with Crippen molar-refractivity contribution < 1.29 is 8.42 Å². The minimum atomic E-state index is -3.09. The highest BCUT2D eigenvalue weighted by molar-refractivity contribution is 7.89. The number of nitrogens with two attached hydrogens (primary N) is 1. The molecule has 112 valence electrons. The van der Waals surface area contributed by atoms with E-state index in [0.29, 0.717) is 13.1 Å². The highest BCUT2D eigenvalue weighted by atomic mass is 32.2. The average Bonchev–Trinajstić information content (AvgIpc) is 2.95. The van der Waals surface area contributed by atoms with Crippen molar-refractivity contribution >= 4 is 10.0 Å². The molecule has 0 bridgehead atoms. The van der Waals surface area contributed by atoms with Crippen LogP contribution in [0.25, 0.3) is 0 Å². The van der Waals surface area contributed by atoms with Gasteiger partial charge >= 0.3 is 0 Å². The summed E-state index contributed by atoms with van der Waals surface area (Å²) in [7, 11) is -3.09. The van der Waals surface area contributed by atoms with Gasteiger partial charge in [0.05, 0.1) is 5.25 Å². The second-order valence-corrected chi connectivity index (χ2v) is 8.16. The summed E-state index contributed by atoms with van der Waals surface area (Å²) in [6.45, 7) is 1.20. The summed E-state index contributed by atoms with van der Waals surface area (Å²) in [6, 6.07) is 0.242. The van der Waals surface area contributed by atoms with Crippen molar-refractivity contribution in [1.29, 1.82) is 0 Å². The largest absolute Gasteiger partial charge is 0.330 e. The van der Waals surface area contributed by atoms with Crippen LogP contribution in [-0.2, 0) is 10.0 Å². The highest BCUT2D eigenvalue weighted by Crippen LogP contribution is 2.32. The summed E-state index contributed by atoms with van der Waals surface area (Å²) in [5, 5.41) is -0.118. The first-order valence-electron chi connectivity index (χ1n) is 7.87. The molecule has 2 aliphatic rings. The van der Waals surface area contributed by atoms with Gasteiger partial charge in [0.15, 0.2) is 0 Å². The van der Waals surface area contributed by atoms with Gasteiger partial charge in [0, 0.05) is 12.6 Å². The van der Waals surface area contributed by atoms with Crippen molar-refractivity contribution in [2.75, 3.05) is 13.1 Å². The first-order chi connectivity index (χ1) is 9.16. The Bertz CT molecular complexity index is 358. The third-order valence-electron chi connectivity index (χ3n) is 4.61. The van der Waals surface area contributed by atoms with Gasteiger partial charge in [0.25, 0.3) is 0 Å². The molecule has 0 heterocycles. The van der Waals surface area contributed by atoms with Gasteiger partial charge < -0.3 is 5.73 Å². The third kappa shape index (κ3) is 3.70. The summed E-state index contributed by atoms with van der Waals surface area (Å²) in [5.41, 5.74) is 5.58. The number of nitrogens with zero attached hydrogens (tertiary/aromatic N) is 1. The Morgan fingerprint density at radius 3 is 2.11 bits per heavy atom. The molecule has 0 amide bonds. The quantitative estimate of drug-likeness (QED) is 0.815. The molecule has 2 aliphatic carbocycles. The van der Waals surface area contributed by atoms with E-state index < -0.39 is 10.0 Å². The Labute approximate surface area is 117 Å². The fourth-order valence-corrected chi connectivity index (χ4v) is 5.83. The van der Waals surface area contributed by atoms with Crippen LogP contribution in [0.1, 0.15) is 64.2 Å². The van der Waals surface area contributed by atoms with E-state index >= 15 is 0 Å². The van der Waals surface area contributed by atoms with Gasteiger partial charge in [-0.15, -0.1) is 0 Å². The highest BCUT2D eigenvalue weighted by Gasteiger charge is 2.37. The van der Waals surface area contributed by atoms with Crippen LogP contribution in [0.2, 0.25) is 0 Å². The average molecular weight is 288 g/mol. The predicted octanol–water partition coefficient (Wildman–Crippen LogP) is 2.24. The molecule has 5 heteroatoms. The zero-order chi connectivity index (χ0) is 13.7. The van der Waals surface area contributed by atoms with Gasteiger partial charge in [-0.1, -0.05) is 32.1 Å². The Hall–Kier alpha value is -0.130. The second-order valence-electron chi connectivity index (χ2n) is 6.00. The smallest absolute Gasteiger partial charge is 0.217 e. The SMILES string of the molecule is NCCCN(C1CCCCC1)S(=O)(=O)C1CCCC1. The van der Waals surface area contributed by atoms with Gasteiger partial charge in [-0.25, -0.2) is 8.42 Å². The fraction of sp³-hybridized carbons (Fsp3) is 1.00. The van der Waals surface area contributed by atoms with Gasteiger partial charge in [0.1, 0.15) is 0 Å². The molecule has 0 aromatic rings. The van der Waals surface area contributed by atoms with Crippen molar-refractivity contribution in [3.8, 4) is 0 Å². The van der Waals surface area contributed by atoms with Crippen molar-refractivity contribution in [1.82, 2.24) is 4.31 Å². The maximum absolute atomic E-state index is 12.8. The van der Waals surface area contributed by atoms with Crippen LogP contribution in [-0.4, -0.2) is 37.1 Å². The normalized spacial score (nSPS) is 23.3. The van der Waals surface area contributed by atoms with Gasteiger partial charge in [0.2, 0.25) is 10.0 Å². The van der Waals surface area contributed by atoms with Gasteiger partial charge in [-0.3, -0.25) is 0 Å². The number of hydrogen-bond acceptors (Lipinski definition) is 3. The van der Waals surface area contributed by atoms with E-state index in [4.69, 9.17) is 5.73 Å². The zero-order valence-corrected chi connectivity index (χ0v) is 12.7. The van der Waals surface area contributed by atoms with E-state index in [2.05, 4.69) is 0 Å². The standard InChI is InChI=1S/C14H28N2O2S/c15-11-6-12-16(13-7-2-1-3-8-13)19(17,18)14-9-4-5-10-14/h13-14H,1-12,15H2. The Morgan fingerprint density at radius 1 is 0.947 bits per heavy atom. The molecule has 4 nitrogen and oxygen atoms in total. The summed E-state index contributed by atoms with van der Waals surface area (Å²) in [4.78, 5) is 0. The Balaban J connectivity index is 2.10. The molecular formula is C14H28N2O2S. The Morgan fingerprint density at radius 2 is 1.53 bits per heavy atom. The molecule has 0 aliphatic heterocycles. The van der Waals surface area contributed by atoms with E-state index in [9.17, 15) is 8.42 Å². The molecule has 2 saturated carbocycles. The molecule has 0 saturated heterocycles. The maximum Gasteiger partial charge on any atom is 0.217 e. The molecule has 2 fully saturated rings. The number of rotatable bonds is 6. The zero-order valence-electron chi connectivity index (χ0n) is 11.9. The van der Waals surface area contributed by atoms with E-state index in [1.54, 1.807) is 0 Å². The number of sulfonamides is 1. The van der Waals surface area contributed by atoms with E-state index in [0.717, 1.165) is 44.9 Å². The fourth-order valence-electron chi connectivity index (χ4n) is 3.51. The van der Waals surface area contributed by atoms with Crippen molar-refractivity contribution in [2.24, 2.45) is 5.73 Å². The number of hydrogen-bond donors (Lipinski definition) is 1. The van der Waals surface area contributed by atoms with Crippen LogP contribution >= 0.6 is 0 Å². The topological polar surface area (TPSA) is 63.4 Å². The maximum atomic E-state index is 12.8. The predicted molar refractivity (Wildman–Crippen MR) is 78.4 cm³/mol. The van der Waals surface area contributed by atoms with E-state index in [1.807, 2.05) is 4.31 Å². The minimum Gasteiger partial charge on any atom is -0.330 e. The Kier molecular flexibility index (Phi) is 5.66. The molecular weight excluding hydrogens is 260 g/mol. The van der Waals surface area contributed by atoms with Crippen LogP contribution in [0.5, 0.6) is 0 Å². The van der Waals surface area contributed by atoms with Crippen molar-refractivity contribution in [3.05, 3.63) is 0 Å². The minimum absolute atomic E-state index is 0.118. The van der Waals surface area contributed by atoms with Crippen molar-refractivity contribution in [3.63, 3.8) is 0 Å². The molecule has 0 unspecified atom stereocenters. The van der Waals surface area contributed by atoms with E-state index in [-0.39, 0.29) is 11.3 Å². The van der Waals surface area contributed by atoms with Crippen LogP contribution in [0.4, 0.5) is 0 Å². The molecule has 19 heavy (non-hydrogen) atoms. The van der Waals surface area contributed by atoms with Crippen LogP contribution < -0.4 is 5.73 Å². The van der Waals surface area contributed by atoms with Crippen molar-refractivity contribution in [2.45, 2.75) is 75.5 Å². The molecule has 0 spiro atoms. The monoisotopic (exact) mass is 288 g/mol. The third-order valence-corrected chi connectivity index (χ3v) is 7.06. The lowest BCUT2D eigenvalue weighted by Crippen LogP contribution is -2.46. The lowest BCUT2D eigenvalue weighted by molar-refractivity contribution is 0.249. The summed E-state index contributed by atoms with van der Waals surface area (Å²) in [6.07, 6.45) is 10.3. The lowest BCUT2D eigenvalue weighted by Gasteiger charge is -2.35. The van der Waals surface area contributed by atoms with Gasteiger partial charge in [-0.05, 0) is 38.6 Å². The summed E-state index contributed by atoms with van der Waals surface area (Å²) >= 11 is 0. The first-order valence-corrected chi connectivity index (χ1v) is 9.37. The molecule has 2 N–H and O–H groups in total. The first kappa shape index (κ1) is 15.3. The molecule has 0 radical (unpaired) electrons. The molecule has 0 aromatic heterocycles.